The van der Waals surface area contributed by atoms with Gasteiger partial charge < -0.3 is 5.73 Å². The van der Waals surface area contributed by atoms with Gasteiger partial charge in [0.2, 0.25) is 0 Å². The summed E-state index contributed by atoms with van der Waals surface area (Å²) in [4.78, 5) is 0. The van der Waals surface area contributed by atoms with E-state index in [1.165, 1.54) is 11.3 Å². The van der Waals surface area contributed by atoms with Gasteiger partial charge in [-0.05, 0) is 22.4 Å². The van der Waals surface area contributed by atoms with E-state index in [0.29, 0.717) is 17.7 Å². The minimum Gasteiger partial charge on any atom is -0.320 e. The number of nitrogens with two attached hydrogens (primary N) is 1. The van der Waals surface area contributed by atoms with E-state index < -0.39 is 23.5 Å². The standard InChI is InChI=1S/C15H10F3NS/c16-9-6-11(17)13(12(18)7-9)14(19)10-3-1-2-8-4-5-20-15(8)10/h1-7,14H,19H2. The molecule has 0 saturated heterocycles. The van der Waals surface area contributed by atoms with Crippen molar-refractivity contribution in [2.45, 2.75) is 6.04 Å². The Morgan fingerprint density at radius 3 is 2.40 bits per heavy atom. The third kappa shape index (κ3) is 2.09. The molecule has 102 valence electrons. The number of fused-ring (bicyclic) bond motifs is 1. The predicted octanol–water partition coefficient (Wildman–Crippen LogP) is 4.37. The molecule has 0 saturated carbocycles. The van der Waals surface area contributed by atoms with Gasteiger partial charge in [0.05, 0.1) is 6.04 Å². The molecule has 2 aromatic carbocycles. The van der Waals surface area contributed by atoms with Crippen LogP contribution in [0.1, 0.15) is 17.2 Å². The summed E-state index contributed by atoms with van der Waals surface area (Å²) in [7, 11) is 0. The number of hydrogen-bond acceptors (Lipinski definition) is 2. The van der Waals surface area contributed by atoms with E-state index in [4.69, 9.17) is 5.73 Å². The Hall–Kier alpha value is -1.85. The highest BCUT2D eigenvalue weighted by atomic mass is 32.1. The van der Waals surface area contributed by atoms with Gasteiger partial charge in [-0.1, -0.05) is 18.2 Å². The number of thiophene rings is 1. The number of hydrogen-bond donors (Lipinski definition) is 1. The molecule has 1 unspecified atom stereocenters. The fraction of sp³-hybridized carbons (Fsp3) is 0.0667. The van der Waals surface area contributed by atoms with Gasteiger partial charge in [0.15, 0.2) is 0 Å². The zero-order valence-electron chi connectivity index (χ0n) is 10.2. The molecule has 0 bridgehead atoms. The van der Waals surface area contributed by atoms with Crippen molar-refractivity contribution in [2.75, 3.05) is 0 Å². The quantitative estimate of drug-likeness (QED) is 0.746. The van der Waals surface area contributed by atoms with Gasteiger partial charge in [-0.3, -0.25) is 0 Å². The first-order valence-corrected chi connectivity index (χ1v) is 6.82. The van der Waals surface area contributed by atoms with Crippen molar-refractivity contribution in [2.24, 2.45) is 5.73 Å². The van der Waals surface area contributed by atoms with Crippen molar-refractivity contribution >= 4 is 21.4 Å². The van der Waals surface area contributed by atoms with E-state index in [2.05, 4.69) is 0 Å². The SMILES string of the molecule is NC(c1c(F)cc(F)cc1F)c1cccc2ccsc12. The molecular weight excluding hydrogens is 283 g/mol. The van der Waals surface area contributed by atoms with Crippen LogP contribution in [-0.4, -0.2) is 0 Å². The molecule has 1 aromatic heterocycles. The van der Waals surface area contributed by atoms with Crippen LogP contribution in [0.15, 0.2) is 41.8 Å². The summed E-state index contributed by atoms with van der Waals surface area (Å²) in [6, 6.07) is 7.64. The Morgan fingerprint density at radius 2 is 1.70 bits per heavy atom. The van der Waals surface area contributed by atoms with Gasteiger partial charge in [0.1, 0.15) is 17.5 Å². The van der Waals surface area contributed by atoms with E-state index in [-0.39, 0.29) is 5.56 Å². The molecule has 1 nitrogen and oxygen atoms in total. The summed E-state index contributed by atoms with van der Waals surface area (Å²) in [5.74, 6) is -2.89. The van der Waals surface area contributed by atoms with Gasteiger partial charge in [0, 0.05) is 22.4 Å². The second-order valence-corrected chi connectivity index (χ2v) is 5.36. The van der Waals surface area contributed by atoms with E-state index in [9.17, 15) is 13.2 Å². The van der Waals surface area contributed by atoms with Crippen molar-refractivity contribution < 1.29 is 13.2 Å². The van der Waals surface area contributed by atoms with Gasteiger partial charge >= 0.3 is 0 Å². The maximum absolute atomic E-state index is 13.8. The van der Waals surface area contributed by atoms with Gasteiger partial charge in [-0.15, -0.1) is 11.3 Å². The Labute approximate surface area is 117 Å². The fourth-order valence-corrected chi connectivity index (χ4v) is 3.22. The molecule has 0 aliphatic carbocycles. The van der Waals surface area contributed by atoms with Gasteiger partial charge in [-0.25, -0.2) is 13.2 Å². The molecule has 0 aliphatic rings. The molecule has 0 fully saturated rings. The molecule has 0 amide bonds. The smallest absolute Gasteiger partial charge is 0.134 e. The molecular formula is C15H10F3NS. The zero-order valence-corrected chi connectivity index (χ0v) is 11.1. The summed E-state index contributed by atoms with van der Waals surface area (Å²) < 4.78 is 41.5. The first-order chi connectivity index (χ1) is 9.58. The van der Waals surface area contributed by atoms with Crippen LogP contribution in [0.5, 0.6) is 0 Å². The van der Waals surface area contributed by atoms with E-state index in [1.54, 1.807) is 12.1 Å². The largest absolute Gasteiger partial charge is 0.320 e. The Kier molecular flexibility index (Phi) is 3.23. The topological polar surface area (TPSA) is 26.0 Å². The highest BCUT2D eigenvalue weighted by Crippen LogP contribution is 2.33. The summed E-state index contributed by atoms with van der Waals surface area (Å²) in [5, 5.41) is 2.85. The second-order valence-electron chi connectivity index (χ2n) is 4.45. The van der Waals surface area contributed by atoms with E-state index >= 15 is 0 Å². The molecule has 1 heterocycles. The molecule has 0 radical (unpaired) electrons. The van der Waals surface area contributed by atoms with Gasteiger partial charge in [0.25, 0.3) is 0 Å². The van der Waals surface area contributed by atoms with Crippen LogP contribution in [0.3, 0.4) is 0 Å². The number of rotatable bonds is 2. The van der Waals surface area contributed by atoms with Crippen LogP contribution < -0.4 is 5.73 Å². The monoisotopic (exact) mass is 293 g/mol. The van der Waals surface area contributed by atoms with Crippen LogP contribution in [0.25, 0.3) is 10.1 Å². The van der Waals surface area contributed by atoms with Crippen molar-refractivity contribution in [3.8, 4) is 0 Å². The average molecular weight is 293 g/mol. The molecule has 2 N–H and O–H groups in total. The first-order valence-electron chi connectivity index (χ1n) is 5.94. The molecule has 20 heavy (non-hydrogen) atoms. The van der Waals surface area contributed by atoms with Crippen molar-refractivity contribution in [1.29, 1.82) is 0 Å². The lowest BCUT2D eigenvalue weighted by Gasteiger charge is -2.15. The lowest BCUT2D eigenvalue weighted by Crippen LogP contribution is -2.16. The molecule has 5 heteroatoms. The predicted molar refractivity (Wildman–Crippen MR) is 74.2 cm³/mol. The van der Waals surface area contributed by atoms with Crippen LogP contribution >= 0.6 is 11.3 Å². The fourth-order valence-electron chi connectivity index (χ4n) is 2.27. The minimum absolute atomic E-state index is 0.313. The molecule has 1 atom stereocenters. The highest BCUT2D eigenvalue weighted by molar-refractivity contribution is 7.17. The third-order valence-electron chi connectivity index (χ3n) is 3.20. The van der Waals surface area contributed by atoms with Crippen LogP contribution in [-0.2, 0) is 0 Å². The van der Waals surface area contributed by atoms with Gasteiger partial charge in [-0.2, -0.15) is 0 Å². The minimum atomic E-state index is -0.974. The normalized spacial score (nSPS) is 12.8. The average Bonchev–Trinajstić information content (AvgIpc) is 2.85. The highest BCUT2D eigenvalue weighted by Gasteiger charge is 2.21. The van der Waals surface area contributed by atoms with Crippen molar-refractivity contribution in [3.05, 3.63) is 70.4 Å². The molecule has 3 aromatic rings. The summed E-state index contributed by atoms with van der Waals surface area (Å²) in [5.41, 5.74) is 6.31. The molecule has 0 aliphatic heterocycles. The maximum atomic E-state index is 13.8. The van der Waals surface area contributed by atoms with Crippen molar-refractivity contribution in [1.82, 2.24) is 0 Å². The Bertz CT molecular complexity index is 759. The Balaban J connectivity index is 2.18. The van der Waals surface area contributed by atoms with Crippen LogP contribution in [0, 0.1) is 17.5 Å². The van der Waals surface area contributed by atoms with Crippen molar-refractivity contribution in [3.63, 3.8) is 0 Å². The summed E-state index contributed by atoms with van der Waals surface area (Å²) >= 11 is 1.45. The number of benzene rings is 2. The zero-order chi connectivity index (χ0) is 14.3. The lowest BCUT2D eigenvalue weighted by atomic mass is 9.97. The van der Waals surface area contributed by atoms with E-state index in [1.807, 2.05) is 17.5 Å². The maximum Gasteiger partial charge on any atom is 0.134 e. The Morgan fingerprint density at radius 1 is 1.00 bits per heavy atom. The third-order valence-corrected chi connectivity index (χ3v) is 4.18. The first kappa shape index (κ1) is 13.1. The second kappa shape index (κ2) is 4.92. The van der Waals surface area contributed by atoms with E-state index in [0.717, 1.165) is 10.1 Å². The summed E-state index contributed by atoms with van der Waals surface area (Å²) in [6.45, 7) is 0. The summed E-state index contributed by atoms with van der Waals surface area (Å²) in [6.07, 6.45) is 0. The van der Waals surface area contributed by atoms with Crippen LogP contribution in [0.4, 0.5) is 13.2 Å². The molecule has 3 rings (SSSR count). The molecule has 0 spiro atoms. The number of halogens is 3. The lowest BCUT2D eigenvalue weighted by molar-refractivity contribution is 0.515. The van der Waals surface area contributed by atoms with Crippen LogP contribution in [0.2, 0.25) is 0 Å².